The van der Waals surface area contributed by atoms with Gasteiger partial charge in [0, 0.05) is 43.4 Å². The number of carbonyl (C=O) groups is 1. The maximum absolute atomic E-state index is 13.3. The van der Waals surface area contributed by atoms with Crippen LogP contribution in [0.25, 0.3) is 22.6 Å². The third kappa shape index (κ3) is 4.01. The molecule has 4 aromatic rings. The van der Waals surface area contributed by atoms with Gasteiger partial charge in [-0.1, -0.05) is 13.0 Å². The number of hydrogen-bond donors (Lipinski definition) is 1. The molecule has 0 aliphatic carbocycles. The molecule has 0 saturated carbocycles. The normalized spacial score (nSPS) is 13.9. The van der Waals surface area contributed by atoms with Crippen molar-refractivity contribution in [3.63, 3.8) is 0 Å². The van der Waals surface area contributed by atoms with Crippen molar-refractivity contribution in [3.8, 4) is 11.4 Å². The van der Waals surface area contributed by atoms with Gasteiger partial charge in [-0.15, -0.1) is 0 Å². The van der Waals surface area contributed by atoms with E-state index < -0.39 is 6.09 Å². The van der Waals surface area contributed by atoms with Gasteiger partial charge in [-0.3, -0.25) is 4.40 Å². The van der Waals surface area contributed by atoms with Crippen LogP contribution in [0.15, 0.2) is 48.7 Å². The topological polar surface area (TPSA) is 86.9 Å². The molecule has 0 saturated heterocycles. The highest BCUT2D eigenvalue weighted by molar-refractivity contribution is 7.10. The average molecular weight is 479 g/mol. The number of pyridine rings is 1. The zero-order chi connectivity index (χ0) is 23.8. The summed E-state index contributed by atoms with van der Waals surface area (Å²) in [5.74, 6) is 1.16. The molecule has 174 valence electrons. The molecule has 1 N–H and O–H groups in total. The van der Waals surface area contributed by atoms with Gasteiger partial charge in [0.15, 0.2) is 5.82 Å². The Hall–Kier alpha value is -3.79. The van der Waals surface area contributed by atoms with Gasteiger partial charge in [-0.2, -0.15) is 9.36 Å². The summed E-state index contributed by atoms with van der Waals surface area (Å²) in [6.45, 7) is 2.93. The number of imidazole rings is 1. The standard InChI is InChI=1S/C24H23FN6O2S/c1-3-19-22(29(2)23-27-21(28-34-23)16-4-7-18(25)8-5-16)31-14-17(6-9-20(31)26-19)15-10-12-30(13-11-15)24(32)33/h4-10,14H,3,11-13H2,1-2H3,(H,32,33). The maximum Gasteiger partial charge on any atom is 0.407 e. The van der Waals surface area contributed by atoms with Crippen molar-refractivity contribution in [2.45, 2.75) is 19.8 Å². The van der Waals surface area contributed by atoms with E-state index in [2.05, 4.69) is 26.9 Å². The highest BCUT2D eigenvalue weighted by atomic mass is 32.1. The molecule has 1 aliphatic rings. The zero-order valence-corrected chi connectivity index (χ0v) is 19.6. The highest BCUT2D eigenvalue weighted by Crippen LogP contribution is 2.33. The van der Waals surface area contributed by atoms with Crippen LogP contribution in [0, 0.1) is 5.82 Å². The number of hydrogen-bond acceptors (Lipinski definition) is 6. The van der Waals surface area contributed by atoms with Crippen LogP contribution >= 0.6 is 11.5 Å². The number of benzene rings is 1. The minimum Gasteiger partial charge on any atom is -0.465 e. The number of rotatable bonds is 5. The van der Waals surface area contributed by atoms with Crippen LogP contribution in [0.1, 0.15) is 24.6 Å². The second-order valence-corrected chi connectivity index (χ2v) is 8.79. The molecule has 4 heterocycles. The van der Waals surface area contributed by atoms with Crippen molar-refractivity contribution in [2.75, 3.05) is 25.0 Å². The molecule has 0 fully saturated rings. The molecule has 0 spiro atoms. The molecule has 8 nitrogen and oxygen atoms in total. The minimum atomic E-state index is -0.895. The third-order valence-corrected chi connectivity index (χ3v) is 6.76. The fourth-order valence-electron chi connectivity index (χ4n) is 4.13. The molecule has 1 amide bonds. The summed E-state index contributed by atoms with van der Waals surface area (Å²) in [4.78, 5) is 24.1. The minimum absolute atomic E-state index is 0.297. The Morgan fingerprint density at radius 2 is 1.94 bits per heavy atom. The lowest BCUT2D eigenvalue weighted by molar-refractivity contribution is 0.150. The van der Waals surface area contributed by atoms with E-state index in [9.17, 15) is 14.3 Å². The van der Waals surface area contributed by atoms with E-state index in [1.54, 1.807) is 12.1 Å². The Morgan fingerprint density at radius 1 is 1.18 bits per heavy atom. The summed E-state index contributed by atoms with van der Waals surface area (Å²) in [6, 6.07) is 10.2. The zero-order valence-electron chi connectivity index (χ0n) is 18.8. The Kier molecular flexibility index (Phi) is 5.74. The summed E-state index contributed by atoms with van der Waals surface area (Å²) >= 11 is 1.28. The first-order valence-electron chi connectivity index (χ1n) is 11.0. The van der Waals surface area contributed by atoms with Crippen molar-refractivity contribution in [2.24, 2.45) is 0 Å². The predicted octanol–water partition coefficient (Wildman–Crippen LogP) is 5.09. The Morgan fingerprint density at radius 3 is 2.62 bits per heavy atom. The molecule has 0 atom stereocenters. The summed E-state index contributed by atoms with van der Waals surface area (Å²) in [6.07, 6.45) is 4.54. The van der Waals surface area contributed by atoms with E-state index in [0.717, 1.165) is 40.3 Å². The summed E-state index contributed by atoms with van der Waals surface area (Å²) in [5, 5.41) is 9.91. The third-order valence-electron chi connectivity index (χ3n) is 5.97. The fourth-order valence-corrected chi connectivity index (χ4v) is 4.78. The average Bonchev–Trinajstić information content (AvgIpc) is 3.49. The van der Waals surface area contributed by atoms with Crippen molar-refractivity contribution in [3.05, 3.63) is 65.7 Å². The van der Waals surface area contributed by atoms with Gasteiger partial charge in [0.25, 0.3) is 0 Å². The summed E-state index contributed by atoms with van der Waals surface area (Å²) in [7, 11) is 1.94. The number of anilines is 2. The Balaban J connectivity index is 1.51. The lowest BCUT2D eigenvalue weighted by atomic mass is 10.0. The summed E-state index contributed by atoms with van der Waals surface area (Å²) in [5.41, 5.74) is 4.68. The molecule has 0 unspecified atom stereocenters. The van der Waals surface area contributed by atoms with Gasteiger partial charge in [0.05, 0.1) is 5.69 Å². The molecule has 34 heavy (non-hydrogen) atoms. The number of amides is 1. The number of fused-ring (bicyclic) bond motifs is 1. The molecule has 1 aliphatic heterocycles. The van der Waals surface area contributed by atoms with E-state index in [0.29, 0.717) is 30.5 Å². The smallest absolute Gasteiger partial charge is 0.407 e. The molecule has 1 aromatic carbocycles. The van der Waals surface area contributed by atoms with Crippen LogP contribution in [-0.4, -0.2) is 55.0 Å². The Labute approximate surface area is 199 Å². The van der Waals surface area contributed by atoms with Gasteiger partial charge < -0.3 is 14.9 Å². The van der Waals surface area contributed by atoms with Gasteiger partial charge in [-0.25, -0.2) is 14.2 Å². The molecular formula is C24H23FN6O2S. The number of aromatic nitrogens is 4. The van der Waals surface area contributed by atoms with E-state index in [4.69, 9.17) is 4.98 Å². The second kappa shape index (κ2) is 8.86. The summed E-state index contributed by atoms with van der Waals surface area (Å²) < 4.78 is 19.8. The van der Waals surface area contributed by atoms with Crippen LogP contribution in [0.4, 0.5) is 20.1 Å². The van der Waals surface area contributed by atoms with Crippen LogP contribution < -0.4 is 4.90 Å². The maximum atomic E-state index is 13.3. The van der Waals surface area contributed by atoms with Crippen LogP contribution in [0.2, 0.25) is 0 Å². The van der Waals surface area contributed by atoms with Crippen LogP contribution in [-0.2, 0) is 6.42 Å². The van der Waals surface area contributed by atoms with Crippen molar-refractivity contribution >= 4 is 39.8 Å². The van der Waals surface area contributed by atoms with E-state index in [1.165, 1.54) is 28.6 Å². The lowest BCUT2D eigenvalue weighted by Gasteiger charge is -2.24. The molecule has 5 rings (SSSR count). The largest absolute Gasteiger partial charge is 0.465 e. The lowest BCUT2D eigenvalue weighted by Crippen LogP contribution is -2.33. The Bertz CT molecular complexity index is 1390. The van der Waals surface area contributed by atoms with Gasteiger partial charge in [-0.05, 0) is 60.4 Å². The van der Waals surface area contributed by atoms with Crippen LogP contribution in [0.5, 0.6) is 0 Å². The van der Waals surface area contributed by atoms with Crippen molar-refractivity contribution < 1.29 is 14.3 Å². The van der Waals surface area contributed by atoms with E-state index in [-0.39, 0.29) is 5.82 Å². The highest BCUT2D eigenvalue weighted by Gasteiger charge is 2.21. The van der Waals surface area contributed by atoms with E-state index >= 15 is 0 Å². The van der Waals surface area contributed by atoms with Gasteiger partial charge >= 0.3 is 6.09 Å². The first-order chi connectivity index (χ1) is 16.4. The number of carboxylic acid groups (broad SMARTS) is 1. The molecule has 0 radical (unpaired) electrons. The van der Waals surface area contributed by atoms with E-state index in [1.807, 2.05) is 30.2 Å². The van der Waals surface area contributed by atoms with Crippen molar-refractivity contribution in [1.29, 1.82) is 0 Å². The first kappa shape index (κ1) is 22.0. The molecule has 3 aromatic heterocycles. The monoisotopic (exact) mass is 478 g/mol. The predicted molar refractivity (Wildman–Crippen MR) is 130 cm³/mol. The SMILES string of the molecule is CCc1nc2ccc(C3=CCN(C(=O)O)CC3)cn2c1N(C)c1nc(-c2ccc(F)cc2)ns1. The number of nitrogens with zero attached hydrogens (tertiary/aromatic N) is 6. The first-order valence-corrected chi connectivity index (χ1v) is 11.7. The molecular weight excluding hydrogens is 455 g/mol. The number of aryl methyl sites for hydroxylation is 1. The number of halogens is 1. The fraction of sp³-hybridized carbons (Fsp3) is 0.250. The molecule has 0 bridgehead atoms. The van der Waals surface area contributed by atoms with Crippen LogP contribution in [0.3, 0.4) is 0 Å². The van der Waals surface area contributed by atoms with Gasteiger partial charge in [0.2, 0.25) is 5.13 Å². The second-order valence-electron chi connectivity index (χ2n) is 8.06. The quantitative estimate of drug-likeness (QED) is 0.430. The van der Waals surface area contributed by atoms with Crippen molar-refractivity contribution in [1.82, 2.24) is 23.6 Å². The van der Waals surface area contributed by atoms with Gasteiger partial charge in [0.1, 0.15) is 17.3 Å². The molecule has 10 heteroatoms.